The van der Waals surface area contributed by atoms with Crippen molar-refractivity contribution >= 4 is 27.5 Å². The molecule has 1 fully saturated rings. The molecule has 7 nitrogen and oxygen atoms in total. The quantitative estimate of drug-likeness (QED) is 0.544. The number of amides is 1. The van der Waals surface area contributed by atoms with E-state index in [1.165, 1.54) is 12.1 Å². The van der Waals surface area contributed by atoms with Crippen LogP contribution in [-0.2, 0) is 14.6 Å². The molecule has 0 atom stereocenters. The highest BCUT2D eigenvalue weighted by Crippen LogP contribution is 2.39. The number of thioether (sulfide) groups is 1. The SMILES string of the molecule is COc1ccc(Oc2ccc(S(=O)(=O)C3(C(=O)NO)CCSCC3)cc2)cc1. The molecule has 2 N–H and O–H groups in total. The van der Waals surface area contributed by atoms with Crippen LogP contribution in [0.3, 0.4) is 0 Å². The van der Waals surface area contributed by atoms with Gasteiger partial charge in [0.2, 0.25) is 0 Å². The lowest BCUT2D eigenvalue weighted by atomic mass is 10.0. The second-order valence-electron chi connectivity index (χ2n) is 6.30. The van der Waals surface area contributed by atoms with Crippen molar-refractivity contribution in [3.05, 3.63) is 48.5 Å². The molecular weight excluding hydrogens is 402 g/mol. The Kier molecular flexibility index (Phi) is 6.17. The zero-order valence-corrected chi connectivity index (χ0v) is 16.9. The molecule has 150 valence electrons. The molecule has 0 radical (unpaired) electrons. The van der Waals surface area contributed by atoms with Crippen LogP contribution in [-0.4, -0.2) is 42.9 Å². The third kappa shape index (κ3) is 3.82. The zero-order chi connectivity index (χ0) is 20.2. The molecule has 2 aromatic rings. The maximum absolute atomic E-state index is 13.2. The Bertz CT molecular complexity index is 920. The lowest BCUT2D eigenvalue weighted by molar-refractivity contribution is -0.132. The molecule has 0 saturated carbocycles. The fourth-order valence-corrected chi connectivity index (χ4v) is 6.54. The highest BCUT2D eigenvalue weighted by Gasteiger charge is 2.51. The van der Waals surface area contributed by atoms with Crippen LogP contribution >= 0.6 is 11.8 Å². The van der Waals surface area contributed by atoms with E-state index >= 15 is 0 Å². The van der Waals surface area contributed by atoms with Crippen LogP contribution < -0.4 is 15.0 Å². The molecule has 28 heavy (non-hydrogen) atoms. The predicted octanol–water partition coefficient (Wildman–Crippen LogP) is 3.03. The van der Waals surface area contributed by atoms with Crippen molar-refractivity contribution in [1.29, 1.82) is 0 Å². The second-order valence-corrected chi connectivity index (χ2v) is 9.78. The number of hydrogen-bond acceptors (Lipinski definition) is 7. The van der Waals surface area contributed by atoms with Gasteiger partial charge in [-0.2, -0.15) is 11.8 Å². The van der Waals surface area contributed by atoms with Gasteiger partial charge in [-0.25, -0.2) is 13.9 Å². The molecule has 3 rings (SSSR count). The van der Waals surface area contributed by atoms with E-state index in [0.717, 1.165) is 0 Å². The van der Waals surface area contributed by atoms with Crippen molar-refractivity contribution in [2.24, 2.45) is 0 Å². The number of hydroxylamine groups is 1. The maximum Gasteiger partial charge on any atom is 0.265 e. The molecule has 0 unspecified atom stereocenters. The molecule has 0 bridgehead atoms. The van der Waals surface area contributed by atoms with E-state index in [2.05, 4.69) is 0 Å². The fourth-order valence-electron chi connectivity index (χ4n) is 3.11. The minimum absolute atomic E-state index is 0.0186. The molecule has 0 aliphatic carbocycles. The first-order chi connectivity index (χ1) is 13.4. The molecule has 1 saturated heterocycles. The van der Waals surface area contributed by atoms with Gasteiger partial charge in [0.05, 0.1) is 12.0 Å². The highest BCUT2D eigenvalue weighted by molar-refractivity contribution is 7.99. The third-order valence-electron chi connectivity index (χ3n) is 4.76. The van der Waals surface area contributed by atoms with Crippen LogP contribution in [0.2, 0.25) is 0 Å². The van der Waals surface area contributed by atoms with E-state index < -0.39 is 20.5 Å². The summed E-state index contributed by atoms with van der Waals surface area (Å²) in [6.07, 6.45) is 0.299. The minimum atomic E-state index is -3.99. The van der Waals surface area contributed by atoms with E-state index in [9.17, 15) is 13.2 Å². The van der Waals surface area contributed by atoms with Crippen molar-refractivity contribution in [2.45, 2.75) is 22.5 Å². The Balaban J connectivity index is 1.85. The first-order valence-electron chi connectivity index (χ1n) is 8.62. The van der Waals surface area contributed by atoms with E-state index in [4.69, 9.17) is 14.7 Å². The largest absolute Gasteiger partial charge is 0.497 e. The van der Waals surface area contributed by atoms with Gasteiger partial charge >= 0.3 is 0 Å². The first kappa shape index (κ1) is 20.5. The molecule has 0 aromatic heterocycles. The second kappa shape index (κ2) is 8.42. The number of methoxy groups -OCH3 is 1. The van der Waals surface area contributed by atoms with E-state index in [1.807, 2.05) is 0 Å². The van der Waals surface area contributed by atoms with Gasteiger partial charge in [0.1, 0.15) is 17.2 Å². The smallest absolute Gasteiger partial charge is 0.265 e. The molecule has 0 spiro atoms. The summed E-state index contributed by atoms with van der Waals surface area (Å²) in [6, 6.07) is 12.9. The Morgan fingerprint density at radius 3 is 2.00 bits per heavy atom. The van der Waals surface area contributed by atoms with Gasteiger partial charge in [-0.05, 0) is 72.9 Å². The molecule has 2 aromatic carbocycles. The number of ether oxygens (including phenoxy) is 2. The van der Waals surface area contributed by atoms with Crippen LogP contribution in [0.15, 0.2) is 53.4 Å². The molecule has 1 aliphatic heterocycles. The van der Waals surface area contributed by atoms with Crippen molar-refractivity contribution in [3.63, 3.8) is 0 Å². The van der Waals surface area contributed by atoms with Gasteiger partial charge in [-0.3, -0.25) is 10.0 Å². The van der Waals surface area contributed by atoms with Crippen molar-refractivity contribution < 1.29 is 27.9 Å². The number of benzene rings is 2. The summed E-state index contributed by atoms with van der Waals surface area (Å²) >= 11 is 1.59. The van der Waals surface area contributed by atoms with Gasteiger partial charge in [-0.1, -0.05) is 0 Å². The number of rotatable bonds is 6. The van der Waals surface area contributed by atoms with Crippen LogP contribution in [0.1, 0.15) is 12.8 Å². The average molecular weight is 424 g/mol. The number of carbonyl (C=O) groups excluding carboxylic acids is 1. The van der Waals surface area contributed by atoms with Crippen molar-refractivity contribution in [1.82, 2.24) is 5.48 Å². The van der Waals surface area contributed by atoms with Crippen LogP contribution in [0.5, 0.6) is 17.2 Å². The van der Waals surface area contributed by atoms with Crippen LogP contribution in [0, 0.1) is 0 Å². The zero-order valence-electron chi connectivity index (χ0n) is 15.3. The molecule has 1 amide bonds. The molecule has 9 heteroatoms. The van der Waals surface area contributed by atoms with Gasteiger partial charge in [0, 0.05) is 0 Å². The molecule has 1 aliphatic rings. The maximum atomic E-state index is 13.2. The first-order valence-corrected chi connectivity index (χ1v) is 11.3. The fraction of sp³-hybridized carbons (Fsp3) is 0.316. The Labute approximate surface area is 167 Å². The summed E-state index contributed by atoms with van der Waals surface area (Å²) in [4.78, 5) is 12.3. The lowest BCUT2D eigenvalue weighted by Gasteiger charge is -2.34. The van der Waals surface area contributed by atoms with Gasteiger partial charge in [-0.15, -0.1) is 0 Å². The summed E-state index contributed by atoms with van der Waals surface area (Å²) in [7, 11) is -2.42. The van der Waals surface area contributed by atoms with Gasteiger partial charge in [0.15, 0.2) is 14.6 Å². The number of sulfone groups is 1. The Hall–Kier alpha value is -2.23. The van der Waals surface area contributed by atoms with E-state index in [-0.39, 0.29) is 17.7 Å². The average Bonchev–Trinajstić information content (AvgIpc) is 2.74. The standard InChI is InChI=1S/C19H21NO6S2/c1-25-14-2-4-15(5-3-14)26-16-6-8-17(9-7-16)28(23,24)19(18(21)20-22)10-12-27-13-11-19/h2-9,22H,10-13H2,1H3,(H,20,21). The van der Waals surface area contributed by atoms with Gasteiger partial charge < -0.3 is 9.47 Å². The summed E-state index contributed by atoms with van der Waals surface area (Å²) in [5.74, 6) is 1.93. The Morgan fingerprint density at radius 2 is 1.50 bits per heavy atom. The highest BCUT2D eigenvalue weighted by atomic mass is 32.2. The Morgan fingerprint density at radius 1 is 1.00 bits per heavy atom. The van der Waals surface area contributed by atoms with E-state index in [1.54, 1.807) is 60.7 Å². The normalized spacial score (nSPS) is 16.2. The van der Waals surface area contributed by atoms with Crippen molar-refractivity contribution in [2.75, 3.05) is 18.6 Å². The molecule has 1 heterocycles. The van der Waals surface area contributed by atoms with Crippen LogP contribution in [0.25, 0.3) is 0 Å². The third-order valence-corrected chi connectivity index (χ3v) is 8.26. The number of hydrogen-bond donors (Lipinski definition) is 2. The summed E-state index contributed by atoms with van der Waals surface area (Å²) < 4.78 is 35.6. The van der Waals surface area contributed by atoms with Gasteiger partial charge in [0.25, 0.3) is 5.91 Å². The minimum Gasteiger partial charge on any atom is -0.497 e. The summed E-state index contributed by atoms with van der Waals surface area (Å²) in [5, 5.41) is 9.11. The number of carbonyl (C=O) groups is 1. The topological polar surface area (TPSA) is 102 Å². The summed E-state index contributed by atoms with van der Waals surface area (Å²) in [5.41, 5.74) is 1.54. The van der Waals surface area contributed by atoms with E-state index in [0.29, 0.717) is 28.8 Å². The van der Waals surface area contributed by atoms with Crippen molar-refractivity contribution in [3.8, 4) is 17.2 Å². The molecular formula is C19H21NO6S2. The number of nitrogens with one attached hydrogen (secondary N) is 1. The monoisotopic (exact) mass is 423 g/mol. The summed E-state index contributed by atoms with van der Waals surface area (Å²) in [6.45, 7) is 0. The lowest BCUT2D eigenvalue weighted by Crippen LogP contribution is -2.53. The van der Waals surface area contributed by atoms with Crippen LogP contribution in [0.4, 0.5) is 0 Å². The predicted molar refractivity (Wildman–Crippen MR) is 106 cm³/mol.